The van der Waals surface area contributed by atoms with Gasteiger partial charge in [-0.2, -0.15) is 0 Å². The van der Waals surface area contributed by atoms with E-state index >= 15 is 0 Å². The first-order chi connectivity index (χ1) is 13.0. The third-order valence-corrected chi connectivity index (χ3v) is 6.09. The first-order valence-electron chi connectivity index (χ1n) is 10.9. The van der Waals surface area contributed by atoms with Crippen LogP contribution in [0.25, 0.3) is 0 Å². The van der Waals surface area contributed by atoms with Crippen molar-refractivity contribution in [1.29, 1.82) is 0 Å². The lowest BCUT2D eigenvalue weighted by Crippen LogP contribution is -2.48. The van der Waals surface area contributed by atoms with Gasteiger partial charge < -0.3 is 20.3 Å². The summed E-state index contributed by atoms with van der Waals surface area (Å²) in [6.45, 7) is 4.78. The van der Waals surface area contributed by atoms with Gasteiger partial charge in [0.05, 0.1) is 0 Å². The van der Waals surface area contributed by atoms with Crippen molar-refractivity contribution < 1.29 is 9.53 Å². The number of carbonyl (C=O) groups excluding carboxylic acids is 1. The number of nitrogens with one attached hydrogen (secondary N) is 2. The van der Waals surface area contributed by atoms with Crippen LogP contribution in [0.2, 0.25) is 0 Å². The predicted molar refractivity (Wildman–Crippen MR) is 111 cm³/mol. The van der Waals surface area contributed by atoms with Crippen LogP contribution in [-0.2, 0) is 9.53 Å². The maximum absolute atomic E-state index is 12.0. The van der Waals surface area contributed by atoms with Gasteiger partial charge >= 0.3 is 0 Å². The zero-order chi connectivity index (χ0) is 19.5. The number of nitrogens with zero attached hydrogens (tertiary/aromatic N) is 2. The largest absolute Gasteiger partial charge is 0.382 e. The second kappa shape index (κ2) is 11.5. The van der Waals surface area contributed by atoms with E-state index in [1.807, 2.05) is 0 Å². The molecule has 0 heterocycles. The van der Waals surface area contributed by atoms with Gasteiger partial charge in [0.1, 0.15) is 6.54 Å². The summed E-state index contributed by atoms with van der Waals surface area (Å²) in [6, 6.07) is 0.474. The number of rotatable bonds is 9. The number of guanidine groups is 1. The SMILES string of the molecule is CCOCCC1(CNC(=NCC(=O)N(C)C)NC2CCCCC2)CCCC1. The average molecular weight is 381 g/mol. The number of aliphatic imine (C=N–C) groups is 1. The minimum atomic E-state index is 0.0340. The second-order valence-electron chi connectivity index (χ2n) is 8.44. The van der Waals surface area contributed by atoms with Crippen LogP contribution in [0.3, 0.4) is 0 Å². The van der Waals surface area contributed by atoms with Crippen LogP contribution in [0.1, 0.15) is 71.1 Å². The third-order valence-electron chi connectivity index (χ3n) is 6.09. The Labute approximate surface area is 165 Å². The Morgan fingerprint density at radius 3 is 2.48 bits per heavy atom. The molecule has 0 atom stereocenters. The lowest BCUT2D eigenvalue weighted by atomic mass is 9.83. The summed E-state index contributed by atoms with van der Waals surface area (Å²) in [7, 11) is 3.56. The van der Waals surface area contributed by atoms with E-state index in [1.165, 1.54) is 57.8 Å². The average Bonchev–Trinajstić information content (AvgIpc) is 3.13. The summed E-state index contributed by atoms with van der Waals surface area (Å²) in [6.07, 6.45) is 12.5. The predicted octanol–water partition coefficient (Wildman–Crippen LogP) is 2.93. The summed E-state index contributed by atoms with van der Waals surface area (Å²) in [5.74, 6) is 0.839. The molecule has 2 aliphatic rings. The van der Waals surface area contributed by atoms with Crippen LogP contribution in [0.5, 0.6) is 0 Å². The maximum Gasteiger partial charge on any atom is 0.243 e. The molecule has 6 heteroatoms. The highest BCUT2D eigenvalue weighted by molar-refractivity contribution is 5.85. The number of ether oxygens (including phenoxy) is 1. The van der Waals surface area contributed by atoms with Crippen LogP contribution in [0.15, 0.2) is 4.99 Å². The quantitative estimate of drug-likeness (QED) is 0.367. The maximum atomic E-state index is 12.0. The van der Waals surface area contributed by atoms with Gasteiger partial charge in [0.2, 0.25) is 5.91 Å². The van der Waals surface area contributed by atoms with Crippen LogP contribution in [0, 0.1) is 5.41 Å². The summed E-state index contributed by atoms with van der Waals surface area (Å²) in [5, 5.41) is 7.18. The number of hydrogen-bond acceptors (Lipinski definition) is 3. The fourth-order valence-corrected chi connectivity index (χ4v) is 4.23. The van der Waals surface area contributed by atoms with Crippen molar-refractivity contribution in [2.24, 2.45) is 10.4 Å². The van der Waals surface area contributed by atoms with Crippen molar-refractivity contribution in [2.45, 2.75) is 77.2 Å². The van der Waals surface area contributed by atoms with Crippen LogP contribution in [-0.4, -0.2) is 63.2 Å². The molecule has 156 valence electrons. The van der Waals surface area contributed by atoms with Crippen molar-refractivity contribution in [3.63, 3.8) is 0 Å². The lowest BCUT2D eigenvalue weighted by molar-refractivity contribution is -0.127. The van der Waals surface area contributed by atoms with Crippen molar-refractivity contribution in [1.82, 2.24) is 15.5 Å². The third kappa shape index (κ3) is 7.68. The molecule has 0 aliphatic heterocycles. The van der Waals surface area contributed by atoms with Gasteiger partial charge in [0, 0.05) is 39.9 Å². The fraction of sp³-hybridized carbons (Fsp3) is 0.905. The number of hydrogen-bond donors (Lipinski definition) is 2. The van der Waals surface area contributed by atoms with Crippen LogP contribution >= 0.6 is 0 Å². The molecule has 1 amide bonds. The lowest BCUT2D eigenvalue weighted by Gasteiger charge is -2.31. The summed E-state index contributed by atoms with van der Waals surface area (Å²) < 4.78 is 5.63. The van der Waals surface area contributed by atoms with E-state index in [0.29, 0.717) is 11.5 Å². The molecule has 6 nitrogen and oxygen atoms in total. The minimum Gasteiger partial charge on any atom is -0.382 e. The first-order valence-corrected chi connectivity index (χ1v) is 10.9. The molecule has 0 unspecified atom stereocenters. The minimum absolute atomic E-state index is 0.0340. The van der Waals surface area contributed by atoms with Crippen LogP contribution in [0.4, 0.5) is 0 Å². The van der Waals surface area contributed by atoms with Gasteiger partial charge in [-0.05, 0) is 44.4 Å². The van der Waals surface area contributed by atoms with Crippen molar-refractivity contribution >= 4 is 11.9 Å². The summed E-state index contributed by atoms with van der Waals surface area (Å²) in [5.41, 5.74) is 0.301. The molecular weight excluding hydrogens is 340 g/mol. The highest BCUT2D eigenvalue weighted by Crippen LogP contribution is 2.40. The van der Waals surface area contributed by atoms with Gasteiger partial charge in [-0.3, -0.25) is 4.79 Å². The van der Waals surface area contributed by atoms with Gasteiger partial charge in [0.15, 0.2) is 5.96 Å². The monoisotopic (exact) mass is 380 g/mol. The second-order valence-corrected chi connectivity index (χ2v) is 8.44. The highest BCUT2D eigenvalue weighted by Gasteiger charge is 2.33. The smallest absolute Gasteiger partial charge is 0.243 e. The fourth-order valence-electron chi connectivity index (χ4n) is 4.23. The Bertz CT molecular complexity index is 467. The zero-order valence-corrected chi connectivity index (χ0v) is 17.7. The Morgan fingerprint density at radius 1 is 1.15 bits per heavy atom. The topological polar surface area (TPSA) is 66.0 Å². The molecule has 0 bridgehead atoms. The number of likely N-dealkylation sites (N-methyl/N-ethyl adjacent to an activating group) is 1. The Morgan fingerprint density at radius 2 is 1.85 bits per heavy atom. The van der Waals surface area contributed by atoms with Crippen LogP contribution < -0.4 is 10.6 Å². The molecule has 0 radical (unpaired) electrons. The van der Waals surface area contributed by atoms with E-state index in [4.69, 9.17) is 4.74 Å². The molecule has 27 heavy (non-hydrogen) atoms. The van der Waals surface area contributed by atoms with Crippen molar-refractivity contribution in [2.75, 3.05) is 40.4 Å². The van der Waals surface area contributed by atoms with E-state index in [2.05, 4.69) is 22.5 Å². The molecule has 2 aliphatic carbocycles. The molecule has 0 aromatic rings. The summed E-state index contributed by atoms with van der Waals surface area (Å²) >= 11 is 0. The zero-order valence-electron chi connectivity index (χ0n) is 17.7. The molecule has 0 aromatic heterocycles. The molecule has 0 aromatic carbocycles. The molecule has 2 N–H and O–H groups in total. The van der Waals surface area contributed by atoms with Gasteiger partial charge in [-0.1, -0.05) is 32.1 Å². The van der Waals surface area contributed by atoms with Gasteiger partial charge in [0.25, 0.3) is 0 Å². The molecule has 2 saturated carbocycles. The highest BCUT2D eigenvalue weighted by atomic mass is 16.5. The van der Waals surface area contributed by atoms with Gasteiger partial charge in [-0.25, -0.2) is 4.99 Å². The summed E-state index contributed by atoms with van der Waals surface area (Å²) in [4.78, 5) is 18.2. The number of carbonyl (C=O) groups is 1. The van der Waals surface area contributed by atoms with Crippen molar-refractivity contribution in [3.8, 4) is 0 Å². The Balaban J connectivity index is 1.95. The molecular formula is C21H40N4O2. The Hall–Kier alpha value is -1.30. The van der Waals surface area contributed by atoms with Gasteiger partial charge in [-0.15, -0.1) is 0 Å². The standard InChI is InChI=1S/C21H40N4O2/c1-4-27-15-14-21(12-8-9-13-21)17-23-20(22-16-19(26)25(2)3)24-18-10-6-5-7-11-18/h18H,4-17H2,1-3H3,(H2,22,23,24). The molecule has 0 spiro atoms. The van der Waals surface area contributed by atoms with E-state index < -0.39 is 0 Å². The Kier molecular flexibility index (Phi) is 9.39. The first kappa shape index (κ1) is 22.0. The number of amides is 1. The molecule has 0 saturated heterocycles. The van der Waals surface area contributed by atoms with Crippen molar-refractivity contribution in [3.05, 3.63) is 0 Å². The molecule has 2 rings (SSSR count). The van der Waals surface area contributed by atoms with E-state index in [0.717, 1.165) is 32.1 Å². The van der Waals surface area contributed by atoms with E-state index in [-0.39, 0.29) is 12.5 Å². The van der Waals surface area contributed by atoms with E-state index in [1.54, 1.807) is 19.0 Å². The molecule has 2 fully saturated rings. The van der Waals surface area contributed by atoms with E-state index in [9.17, 15) is 4.79 Å². The normalized spacial score (nSPS) is 20.5.